The summed E-state index contributed by atoms with van der Waals surface area (Å²) in [6, 6.07) is 15.2. The highest BCUT2D eigenvalue weighted by atomic mass is 35.5. The molecule has 0 bridgehead atoms. The van der Waals surface area contributed by atoms with Crippen LogP contribution in [0.25, 0.3) is 11.3 Å². The van der Waals surface area contributed by atoms with Gasteiger partial charge in [0.05, 0.1) is 12.8 Å². The van der Waals surface area contributed by atoms with Crippen molar-refractivity contribution in [2.45, 2.75) is 12.8 Å². The molecule has 0 fully saturated rings. The van der Waals surface area contributed by atoms with Crippen molar-refractivity contribution in [2.24, 2.45) is 0 Å². The smallest absolute Gasteiger partial charge is 0.226 e. The monoisotopic (exact) mass is 372 g/mol. The highest BCUT2D eigenvalue weighted by Crippen LogP contribution is 2.30. The maximum atomic E-state index is 12.2. The van der Waals surface area contributed by atoms with Gasteiger partial charge in [-0.2, -0.15) is 0 Å². The fraction of sp³-hybridized carbons (Fsp3) is 0.158. The molecule has 0 radical (unpaired) electrons. The molecule has 0 unspecified atom stereocenters. The number of hydrogen-bond donors (Lipinski definition) is 1. The molecule has 2 aromatic carbocycles. The number of carbonyl (C=O) groups excluding carboxylic acids is 1. The van der Waals surface area contributed by atoms with E-state index in [-0.39, 0.29) is 5.91 Å². The summed E-state index contributed by atoms with van der Waals surface area (Å²) in [7, 11) is 1.63. The summed E-state index contributed by atoms with van der Waals surface area (Å²) in [5.74, 6) is 0.719. The number of nitrogens with zero attached hydrogens (tertiary/aromatic N) is 1. The number of benzene rings is 2. The second kappa shape index (κ2) is 8.14. The Morgan fingerprint density at radius 1 is 1.20 bits per heavy atom. The lowest BCUT2D eigenvalue weighted by Gasteiger charge is -2.07. The van der Waals surface area contributed by atoms with E-state index in [0.717, 1.165) is 22.6 Å². The maximum Gasteiger partial charge on any atom is 0.226 e. The van der Waals surface area contributed by atoms with Crippen molar-refractivity contribution in [3.05, 3.63) is 64.5 Å². The third kappa shape index (κ3) is 4.38. The number of rotatable bonds is 6. The fourth-order valence-corrected chi connectivity index (χ4v) is 3.42. The lowest BCUT2D eigenvalue weighted by molar-refractivity contribution is -0.116. The fourth-order valence-electron chi connectivity index (χ4n) is 2.46. The Morgan fingerprint density at radius 2 is 1.96 bits per heavy atom. The molecule has 0 saturated heterocycles. The number of ether oxygens (including phenoxy) is 1. The maximum absolute atomic E-state index is 12.2. The van der Waals surface area contributed by atoms with Gasteiger partial charge in [-0.3, -0.25) is 4.79 Å². The molecule has 0 atom stereocenters. The number of halogens is 1. The van der Waals surface area contributed by atoms with Crippen molar-refractivity contribution < 1.29 is 9.53 Å². The van der Waals surface area contributed by atoms with Crippen LogP contribution in [0.3, 0.4) is 0 Å². The van der Waals surface area contributed by atoms with Crippen molar-refractivity contribution in [3.63, 3.8) is 0 Å². The summed E-state index contributed by atoms with van der Waals surface area (Å²) in [6.07, 6.45) is 0.972. The summed E-state index contributed by atoms with van der Waals surface area (Å²) in [5.41, 5.74) is 2.63. The molecule has 0 spiro atoms. The van der Waals surface area contributed by atoms with E-state index in [4.69, 9.17) is 16.3 Å². The van der Waals surface area contributed by atoms with E-state index in [1.165, 1.54) is 11.3 Å². The minimum atomic E-state index is -0.0778. The summed E-state index contributed by atoms with van der Waals surface area (Å²) >= 11 is 7.57. The molecule has 0 saturated carbocycles. The van der Waals surface area contributed by atoms with Crippen LogP contribution in [0.1, 0.15) is 12.0 Å². The topological polar surface area (TPSA) is 51.2 Å². The minimum Gasteiger partial charge on any atom is -0.496 e. The Hall–Kier alpha value is -2.37. The quantitative estimate of drug-likeness (QED) is 0.659. The predicted octanol–water partition coefficient (Wildman–Crippen LogP) is 5.04. The van der Waals surface area contributed by atoms with E-state index < -0.39 is 0 Å². The van der Waals surface area contributed by atoms with Crippen molar-refractivity contribution in [1.29, 1.82) is 0 Å². The van der Waals surface area contributed by atoms with Crippen molar-refractivity contribution in [1.82, 2.24) is 4.98 Å². The zero-order chi connectivity index (χ0) is 17.6. The molecule has 25 heavy (non-hydrogen) atoms. The molecule has 1 amide bonds. The molecule has 4 nitrogen and oxygen atoms in total. The number of methoxy groups -OCH3 is 1. The van der Waals surface area contributed by atoms with Crippen LogP contribution < -0.4 is 10.1 Å². The molecule has 1 aromatic heterocycles. The molecule has 1 N–H and O–H groups in total. The molecule has 0 aliphatic rings. The molecule has 1 heterocycles. The molecule has 0 aliphatic heterocycles. The summed E-state index contributed by atoms with van der Waals surface area (Å²) in [5, 5.41) is 5.94. The second-order valence-corrected chi connectivity index (χ2v) is 6.64. The lowest BCUT2D eigenvalue weighted by Crippen LogP contribution is -2.12. The first-order valence-electron chi connectivity index (χ1n) is 7.79. The van der Waals surface area contributed by atoms with E-state index in [0.29, 0.717) is 23.0 Å². The van der Waals surface area contributed by atoms with Gasteiger partial charge in [0.25, 0.3) is 0 Å². The highest BCUT2D eigenvalue weighted by molar-refractivity contribution is 7.14. The summed E-state index contributed by atoms with van der Waals surface area (Å²) in [4.78, 5) is 16.6. The first-order chi connectivity index (χ1) is 12.2. The van der Waals surface area contributed by atoms with Crippen LogP contribution in [0.15, 0.2) is 53.9 Å². The SMILES string of the molecule is COc1ccccc1CCC(=O)Nc1nc(-c2ccccc2Cl)cs1. The number of hydrogen-bond acceptors (Lipinski definition) is 4. The Labute approximate surface area is 155 Å². The van der Waals surface area contributed by atoms with Crippen LogP contribution in [0.5, 0.6) is 5.75 Å². The zero-order valence-electron chi connectivity index (χ0n) is 13.7. The van der Waals surface area contributed by atoms with E-state index >= 15 is 0 Å². The van der Waals surface area contributed by atoms with E-state index in [1.807, 2.05) is 53.9 Å². The van der Waals surface area contributed by atoms with Crippen LogP contribution in [-0.4, -0.2) is 18.0 Å². The number of aromatic nitrogens is 1. The molecule has 6 heteroatoms. The molecular formula is C19H17ClN2O2S. The molecule has 3 aromatic rings. The average Bonchev–Trinajstić information content (AvgIpc) is 3.08. The van der Waals surface area contributed by atoms with Gasteiger partial charge >= 0.3 is 0 Å². The molecular weight excluding hydrogens is 356 g/mol. The number of amides is 1. The number of anilines is 1. The average molecular weight is 373 g/mol. The Bertz CT molecular complexity index is 879. The summed E-state index contributed by atoms with van der Waals surface area (Å²) < 4.78 is 5.30. The first-order valence-corrected chi connectivity index (χ1v) is 9.05. The van der Waals surface area contributed by atoms with Gasteiger partial charge in [0.2, 0.25) is 5.91 Å². The summed E-state index contributed by atoms with van der Waals surface area (Å²) in [6.45, 7) is 0. The van der Waals surface area contributed by atoms with Gasteiger partial charge in [0.15, 0.2) is 5.13 Å². The van der Waals surface area contributed by atoms with Gasteiger partial charge in [-0.05, 0) is 24.1 Å². The van der Waals surface area contributed by atoms with Crippen molar-refractivity contribution in [3.8, 4) is 17.0 Å². The van der Waals surface area contributed by atoms with Crippen LogP contribution in [-0.2, 0) is 11.2 Å². The van der Waals surface area contributed by atoms with Crippen LogP contribution in [0.4, 0.5) is 5.13 Å². The lowest BCUT2D eigenvalue weighted by atomic mass is 10.1. The van der Waals surface area contributed by atoms with Gasteiger partial charge < -0.3 is 10.1 Å². The van der Waals surface area contributed by atoms with Crippen LogP contribution in [0.2, 0.25) is 5.02 Å². The third-order valence-electron chi connectivity index (χ3n) is 3.71. The van der Waals surface area contributed by atoms with E-state index in [9.17, 15) is 4.79 Å². The molecule has 128 valence electrons. The molecule has 3 rings (SSSR count). The van der Waals surface area contributed by atoms with E-state index in [2.05, 4.69) is 10.3 Å². The van der Waals surface area contributed by atoms with Crippen molar-refractivity contribution >= 4 is 34.0 Å². The zero-order valence-corrected chi connectivity index (χ0v) is 15.2. The largest absolute Gasteiger partial charge is 0.496 e. The number of para-hydroxylation sites is 1. The number of carbonyl (C=O) groups is 1. The predicted molar refractivity (Wildman–Crippen MR) is 103 cm³/mol. The Kier molecular flexibility index (Phi) is 5.68. The van der Waals surface area contributed by atoms with Gasteiger partial charge in [-0.1, -0.05) is 48.0 Å². The first kappa shape index (κ1) is 17.5. The second-order valence-electron chi connectivity index (χ2n) is 5.38. The third-order valence-corrected chi connectivity index (χ3v) is 4.80. The van der Waals surface area contributed by atoms with Gasteiger partial charge in [0.1, 0.15) is 5.75 Å². The van der Waals surface area contributed by atoms with Gasteiger partial charge in [-0.15, -0.1) is 11.3 Å². The number of nitrogens with one attached hydrogen (secondary N) is 1. The standard InChI is InChI=1S/C19H17ClN2O2S/c1-24-17-9-5-2-6-13(17)10-11-18(23)22-19-21-16(12-25-19)14-7-3-4-8-15(14)20/h2-9,12H,10-11H2,1H3,(H,21,22,23). The Morgan fingerprint density at radius 3 is 2.76 bits per heavy atom. The molecule has 0 aliphatic carbocycles. The highest BCUT2D eigenvalue weighted by Gasteiger charge is 2.11. The van der Waals surface area contributed by atoms with Gasteiger partial charge in [0, 0.05) is 22.4 Å². The van der Waals surface area contributed by atoms with Crippen LogP contribution >= 0.6 is 22.9 Å². The van der Waals surface area contributed by atoms with Crippen molar-refractivity contribution in [2.75, 3.05) is 12.4 Å². The normalized spacial score (nSPS) is 10.5. The van der Waals surface area contributed by atoms with Gasteiger partial charge in [-0.25, -0.2) is 4.98 Å². The number of thiazole rings is 1. The Balaban J connectivity index is 1.61. The van der Waals surface area contributed by atoms with Crippen LogP contribution in [0, 0.1) is 0 Å². The number of aryl methyl sites for hydroxylation is 1. The minimum absolute atomic E-state index is 0.0778. The van der Waals surface area contributed by atoms with E-state index in [1.54, 1.807) is 7.11 Å².